The number of nitrogens with zero attached hydrogens (tertiary/aromatic N) is 1. The van der Waals surface area contributed by atoms with E-state index in [1.54, 1.807) is 0 Å². The molecule has 0 fully saturated rings. The van der Waals surface area contributed by atoms with Gasteiger partial charge in [0, 0.05) is 12.8 Å². The summed E-state index contributed by atoms with van der Waals surface area (Å²) < 4.78 is 30.8. The fourth-order valence-electron chi connectivity index (χ4n) is 10.5. The Hall–Kier alpha value is -2.03. The van der Waals surface area contributed by atoms with E-state index in [4.69, 9.17) is 13.8 Å². The van der Waals surface area contributed by atoms with Gasteiger partial charge in [0.05, 0.1) is 33.8 Å². The molecule has 0 aromatic carbocycles. The molecule has 0 saturated heterocycles. The zero-order valence-corrected chi connectivity index (χ0v) is 56.1. The van der Waals surface area contributed by atoms with Gasteiger partial charge in [-0.05, 0) is 89.5 Å². The summed E-state index contributed by atoms with van der Waals surface area (Å²) in [6.07, 6.45) is 78.4. The third kappa shape index (κ3) is 62.5. The summed E-state index contributed by atoms with van der Waals surface area (Å²) in [5, 5.41) is 3.07. The molecular weight excluding hydrogens is 1040 g/mol. The average Bonchev–Trinajstić information content (AvgIpc) is 3.44. The normalized spacial score (nSPS) is 13.8. The maximum absolute atomic E-state index is 13.6. The molecule has 0 aliphatic heterocycles. The average molecular weight is 1170 g/mol. The van der Waals surface area contributed by atoms with Gasteiger partial charge in [0.1, 0.15) is 19.3 Å². The molecule has 3 unspecified atom stereocenters. The van der Waals surface area contributed by atoms with Gasteiger partial charge < -0.3 is 19.4 Å². The number of carbonyl (C=O) groups is 2. The SMILES string of the molecule is CCCCC/C=C\C/C=C\CCCCCCCCCC(=O)NC(COP(=O)(O)OCC[N+](C)(C)C)C(/C=C\CCCCCCCCCCCC)OC(=O)CCCCCCCCCCCCCCCCCCC/C=C/CCCCCCCC. The molecule has 0 spiro atoms. The first-order valence-electron chi connectivity index (χ1n) is 35.5. The van der Waals surface area contributed by atoms with Crippen LogP contribution in [0.2, 0.25) is 0 Å². The molecule has 0 saturated carbocycles. The van der Waals surface area contributed by atoms with E-state index in [2.05, 4.69) is 62.5 Å². The van der Waals surface area contributed by atoms with E-state index in [-0.39, 0.29) is 25.1 Å². The molecule has 1 amide bonds. The van der Waals surface area contributed by atoms with Crippen LogP contribution < -0.4 is 5.32 Å². The van der Waals surface area contributed by atoms with E-state index < -0.39 is 20.0 Å². The summed E-state index contributed by atoms with van der Waals surface area (Å²) in [5.74, 6) is -0.499. The highest BCUT2D eigenvalue weighted by atomic mass is 31.2. The fraction of sp³-hybridized carbons (Fsp3) is 0.861. The second kappa shape index (κ2) is 62.0. The number of ether oxygens (including phenoxy) is 1. The number of esters is 1. The van der Waals surface area contributed by atoms with Gasteiger partial charge in [0.15, 0.2) is 0 Å². The molecule has 0 radical (unpaired) electrons. The lowest BCUT2D eigenvalue weighted by Gasteiger charge is -2.27. The summed E-state index contributed by atoms with van der Waals surface area (Å²) in [5.41, 5.74) is 0. The van der Waals surface area contributed by atoms with Gasteiger partial charge in [-0.3, -0.25) is 18.6 Å². The minimum absolute atomic E-state index is 0.0398. The van der Waals surface area contributed by atoms with Crippen LogP contribution in [0.5, 0.6) is 0 Å². The number of hydrogen-bond acceptors (Lipinski definition) is 6. The van der Waals surface area contributed by atoms with Crippen molar-refractivity contribution in [1.29, 1.82) is 0 Å². The van der Waals surface area contributed by atoms with Crippen molar-refractivity contribution < 1.29 is 37.3 Å². The van der Waals surface area contributed by atoms with Gasteiger partial charge in [-0.1, -0.05) is 294 Å². The number of likely N-dealkylation sites (N-methyl/N-ethyl adjacent to an activating group) is 1. The summed E-state index contributed by atoms with van der Waals surface area (Å²) in [6, 6.07) is -0.851. The Balaban J connectivity index is 5.00. The van der Waals surface area contributed by atoms with E-state index in [0.717, 1.165) is 77.0 Å². The molecule has 9 nitrogen and oxygen atoms in total. The van der Waals surface area contributed by atoms with Gasteiger partial charge in [-0.2, -0.15) is 0 Å². The van der Waals surface area contributed by atoms with Crippen LogP contribution in [0.4, 0.5) is 0 Å². The molecule has 2 N–H and O–H groups in total. The van der Waals surface area contributed by atoms with Gasteiger partial charge in [0.2, 0.25) is 5.91 Å². The molecule has 3 atom stereocenters. The van der Waals surface area contributed by atoms with Crippen LogP contribution in [-0.2, 0) is 27.9 Å². The number of quaternary nitrogens is 1. The minimum Gasteiger partial charge on any atom is -0.456 e. The lowest BCUT2D eigenvalue weighted by Crippen LogP contribution is -2.47. The van der Waals surface area contributed by atoms with Gasteiger partial charge in [-0.15, -0.1) is 0 Å². The highest BCUT2D eigenvalue weighted by molar-refractivity contribution is 7.47. The molecule has 82 heavy (non-hydrogen) atoms. The molecule has 0 aromatic rings. The van der Waals surface area contributed by atoms with Crippen LogP contribution in [0, 0.1) is 0 Å². The number of nitrogens with one attached hydrogen (secondary N) is 1. The Morgan fingerprint density at radius 2 is 0.744 bits per heavy atom. The van der Waals surface area contributed by atoms with Crippen molar-refractivity contribution >= 4 is 19.7 Å². The number of allylic oxidation sites excluding steroid dienone is 7. The van der Waals surface area contributed by atoms with E-state index >= 15 is 0 Å². The van der Waals surface area contributed by atoms with E-state index in [1.807, 2.05) is 33.3 Å². The molecule has 482 valence electrons. The monoisotopic (exact) mass is 1170 g/mol. The summed E-state index contributed by atoms with van der Waals surface area (Å²) in [6.45, 7) is 7.02. The third-order valence-corrected chi connectivity index (χ3v) is 17.0. The first-order valence-corrected chi connectivity index (χ1v) is 37.0. The van der Waals surface area contributed by atoms with Gasteiger partial charge in [-0.25, -0.2) is 4.57 Å². The van der Waals surface area contributed by atoms with E-state index in [9.17, 15) is 19.0 Å². The first kappa shape index (κ1) is 80.0. The molecule has 0 bridgehead atoms. The van der Waals surface area contributed by atoms with Crippen LogP contribution in [-0.4, -0.2) is 74.3 Å². The van der Waals surface area contributed by atoms with Gasteiger partial charge >= 0.3 is 13.8 Å². The molecule has 0 aromatic heterocycles. The molecule has 0 aliphatic rings. The van der Waals surface area contributed by atoms with Crippen LogP contribution in [0.15, 0.2) is 48.6 Å². The summed E-state index contributed by atoms with van der Waals surface area (Å²) in [4.78, 5) is 37.9. The van der Waals surface area contributed by atoms with E-state index in [1.165, 1.54) is 238 Å². The van der Waals surface area contributed by atoms with Crippen molar-refractivity contribution in [2.24, 2.45) is 0 Å². The van der Waals surface area contributed by atoms with E-state index in [0.29, 0.717) is 23.9 Å². The number of unbranched alkanes of at least 4 members (excludes halogenated alkanes) is 43. The number of phosphoric ester groups is 1. The third-order valence-electron chi connectivity index (χ3n) is 16.0. The number of amides is 1. The van der Waals surface area contributed by atoms with Gasteiger partial charge in [0.25, 0.3) is 0 Å². The predicted molar refractivity (Wildman–Crippen MR) is 355 cm³/mol. The van der Waals surface area contributed by atoms with Crippen molar-refractivity contribution in [3.63, 3.8) is 0 Å². The highest BCUT2D eigenvalue weighted by Gasteiger charge is 2.30. The zero-order chi connectivity index (χ0) is 60.0. The quantitative estimate of drug-likeness (QED) is 0.0205. The first-order chi connectivity index (χ1) is 39.9. The Kier molecular flexibility index (Phi) is 60.5. The van der Waals surface area contributed by atoms with Crippen LogP contribution in [0.25, 0.3) is 0 Å². The standard InChI is InChI=1S/C72H137N2O7P/c1-7-10-13-16-19-22-25-28-30-32-33-34-35-36-37-38-39-40-41-43-45-47-50-53-56-59-62-65-72(76)81-70(63-60-57-54-51-48-27-24-21-18-15-12-9-3)69(68-80-82(77,78)79-67-66-74(4,5)6)73-71(75)64-61-58-55-52-49-46-44-42-31-29-26-23-20-17-14-11-8-2/h20,23,28-31,60,63,69-70H,7-19,21-22,24-27,32-59,61-62,64-68H2,1-6H3,(H-,73,75,77,78)/p+1/b23-20-,30-28+,31-29-,63-60-. The lowest BCUT2D eigenvalue weighted by atomic mass is 10.0. The Labute approximate surface area is 509 Å². The van der Waals surface area contributed by atoms with Crippen molar-refractivity contribution in [3.05, 3.63) is 48.6 Å². The largest absolute Gasteiger partial charge is 0.472 e. The Morgan fingerprint density at radius 3 is 1.13 bits per heavy atom. The Morgan fingerprint density at radius 1 is 0.427 bits per heavy atom. The van der Waals surface area contributed by atoms with Crippen LogP contribution in [0.1, 0.15) is 348 Å². The molecule has 0 rings (SSSR count). The number of phosphoric acid groups is 1. The lowest BCUT2D eigenvalue weighted by molar-refractivity contribution is -0.870. The fourth-order valence-corrected chi connectivity index (χ4v) is 11.2. The number of rotatable bonds is 65. The van der Waals surface area contributed by atoms with Crippen molar-refractivity contribution in [2.45, 2.75) is 360 Å². The van der Waals surface area contributed by atoms with Crippen molar-refractivity contribution in [3.8, 4) is 0 Å². The van der Waals surface area contributed by atoms with Crippen molar-refractivity contribution in [2.75, 3.05) is 40.9 Å². The minimum atomic E-state index is -4.45. The van der Waals surface area contributed by atoms with Crippen LogP contribution >= 0.6 is 7.82 Å². The maximum Gasteiger partial charge on any atom is 0.472 e. The second-order valence-electron chi connectivity index (χ2n) is 25.4. The molecular formula is C72H138N2O7P+. The highest BCUT2D eigenvalue weighted by Crippen LogP contribution is 2.43. The Bertz CT molecular complexity index is 1540. The zero-order valence-electron chi connectivity index (χ0n) is 55.2. The summed E-state index contributed by atoms with van der Waals surface area (Å²) in [7, 11) is 1.50. The van der Waals surface area contributed by atoms with Crippen LogP contribution in [0.3, 0.4) is 0 Å². The maximum atomic E-state index is 13.6. The topological polar surface area (TPSA) is 111 Å². The number of hydrogen-bond donors (Lipinski definition) is 2. The smallest absolute Gasteiger partial charge is 0.456 e. The summed E-state index contributed by atoms with van der Waals surface area (Å²) >= 11 is 0. The molecule has 0 aliphatic carbocycles. The molecule has 10 heteroatoms. The molecule has 0 heterocycles. The number of carbonyl (C=O) groups excluding carboxylic acids is 2. The van der Waals surface area contributed by atoms with Crippen molar-refractivity contribution in [1.82, 2.24) is 5.32 Å². The second-order valence-corrected chi connectivity index (χ2v) is 26.9. The predicted octanol–water partition coefficient (Wildman–Crippen LogP) is 22.4.